The second-order valence-electron chi connectivity index (χ2n) is 4.13. The van der Waals surface area contributed by atoms with Gasteiger partial charge in [0.25, 0.3) is 0 Å². The summed E-state index contributed by atoms with van der Waals surface area (Å²) in [4.78, 5) is 3.94. The van der Waals surface area contributed by atoms with E-state index < -0.39 is 17.7 Å². The summed E-state index contributed by atoms with van der Waals surface area (Å²) < 4.78 is 27.4. The number of hydrazine groups is 1. The summed E-state index contributed by atoms with van der Waals surface area (Å²) in [6.07, 6.45) is 3.35. The molecular weight excluding hydrogens is 250 g/mol. The molecular formula is C13H14F2N4. The molecule has 0 saturated carbocycles. The van der Waals surface area contributed by atoms with Gasteiger partial charge in [0.2, 0.25) is 0 Å². The van der Waals surface area contributed by atoms with E-state index in [4.69, 9.17) is 11.6 Å². The van der Waals surface area contributed by atoms with Crippen LogP contribution in [0.2, 0.25) is 0 Å². The molecule has 2 rings (SSSR count). The highest BCUT2D eigenvalue weighted by Gasteiger charge is 2.20. The van der Waals surface area contributed by atoms with Crippen molar-refractivity contribution in [3.05, 3.63) is 59.4 Å². The highest BCUT2D eigenvalue weighted by atomic mass is 19.1. The molecule has 0 saturated heterocycles. The minimum atomic E-state index is -0.715. The van der Waals surface area contributed by atoms with Gasteiger partial charge in [-0.25, -0.2) is 8.78 Å². The third kappa shape index (κ3) is 2.86. The third-order valence-electron chi connectivity index (χ3n) is 2.91. The fourth-order valence-corrected chi connectivity index (χ4v) is 1.92. The van der Waals surface area contributed by atoms with Gasteiger partial charge in [0, 0.05) is 23.6 Å². The Kier molecular flexibility index (Phi) is 4.03. The smallest absolute Gasteiger partial charge is 0.130 e. The number of anilines is 1. The molecule has 0 bridgehead atoms. The van der Waals surface area contributed by atoms with E-state index in [0.29, 0.717) is 11.3 Å². The van der Waals surface area contributed by atoms with E-state index in [-0.39, 0.29) is 12.0 Å². The molecule has 100 valence electrons. The van der Waals surface area contributed by atoms with Gasteiger partial charge in [-0.15, -0.1) is 0 Å². The number of rotatable bonds is 4. The molecule has 0 radical (unpaired) electrons. The molecule has 0 amide bonds. The Morgan fingerprint density at radius 1 is 1.21 bits per heavy atom. The molecule has 0 aliphatic heterocycles. The van der Waals surface area contributed by atoms with Crippen molar-refractivity contribution in [1.82, 2.24) is 10.4 Å². The molecule has 1 atom stereocenters. The minimum absolute atomic E-state index is 0.103. The lowest BCUT2D eigenvalue weighted by molar-refractivity contribution is 0.473. The van der Waals surface area contributed by atoms with Crippen molar-refractivity contribution in [1.29, 1.82) is 0 Å². The number of aromatic nitrogens is 1. The molecule has 5 N–H and O–H groups in total. The van der Waals surface area contributed by atoms with Crippen LogP contribution < -0.4 is 17.0 Å². The maximum Gasteiger partial charge on any atom is 0.130 e. The van der Waals surface area contributed by atoms with Crippen LogP contribution in [0.3, 0.4) is 0 Å². The molecule has 1 aromatic carbocycles. The molecule has 19 heavy (non-hydrogen) atoms. The Bertz CT molecular complexity index is 554. The van der Waals surface area contributed by atoms with Gasteiger partial charge in [0.1, 0.15) is 11.6 Å². The van der Waals surface area contributed by atoms with Gasteiger partial charge >= 0.3 is 0 Å². The fraction of sp³-hybridized carbons (Fsp3) is 0.154. The number of nitrogens with one attached hydrogen (secondary N) is 1. The Balaban J connectivity index is 2.34. The maximum atomic E-state index is 13.7. The number of pyridine rings is 1. The lowest BCUT2D eigenvalue weighted by atomic mass is 9.98. The van der Waals surface area contributed by atoms with Crippen LogP contribution in [0.5, 0.6) is 0 Å². The lowest BCUT2D eigenvalue weighted by Crippen LogP contribution is -2.31. The van der Waals surface area contributed by atoms with Crippen LogP contribution in [-0.4, -0.2) is 4.98 Å². The zero-order valence-electron chi connectivity index (χ0n) is 10.1. The lowest BCUT2D eigenvalue weighted by Gasteiger charge is -2.18. The number of hydrogen-bond acceptors (Lipinski definition) is 4. The molecule has 0 aliphatic carbocycles. The van der Waals surface area contributed by atoms with E-state index in [9.17, 15) is 8.78 Å². The van der Waals surface area contributed by atoms with E-state index in [0.717, 1.165) is 0 Å². The van der Waals surface area contributed by atoms with Crippen LogP contribution in [0, 0.1) is 11.6 Å². The van der Waals surface area contributed by atoms with E-state index in [1.165, 1.54) is 18.2 Å². The molecule has 1 unspecified atom stereocenters. The van der Waals surface area contributed by atoms with Crippen LogP contribution in [-0.2, 0) is 6.42 Å². The van der Waals surface area contributed by atoms with Gasteiger partial charge in [0.05, 0.1) is 6.04 Å². The summed E-state index contributed by atoms with van der Waals surface area (Å²) in [6.45, 7) is 0. The van der Waals surface area contributed by atoms with E-state index in [1.807, 2.05) is 0 Å². The van der Waals surface area contributed by atoms with Crippen molar-refractivity contribution in [3.8, 4) is 0 Å². The van der Waals surface area contributed by atoms with Gasteiger partial charge < -0.3 is 5.73 Å². The average Bonchev–Trinajstić information content (AvgIpc) is 2.39. The van der Waals surface area contributed by atoms with Crippen molar-refractivity contribution in [2.24, 2.45) is 5.84 Å². The summed E-state index contributed by atoms with van der Waals surface area (Å²) in [5.74, 6) is 4.10. The number of halogens is 2. The van der Waals surface area contributed by atoms with Crippen molar-refractivity contribution >= 4 is 5.69 Å². The number of hydrogen-bond donors (Lipinski definition) is 3. The minimum Gasteiger partial charge on any atom is -0.398 e. The van der Waals surface area contributed by atoms with Crippen LogP contribution in [0.15, 0.2) is 36.7 Å². The predicted molar refractivity (Wildman–Crippen MR) is 68.8 cm³/mol. The van der Waals surface area contributed by atoms with E-state index in [1.54, 1.807) is 18.5 Å². The normalized spacial score (nSPS) is 12.4. The first-order valence-corrected chi connectivity index (χ1v) is 5.72. The first kappa shape index (κ1) is 13.4. The summed E-state index contributed by atoms with van der Waals surface area (Å²) >= 11 is 0. The average molecular weight is 264 g/mol. The van der Waals surface area contributed by atoms with E-state index in [2.05, 4.69) is 10.4 Å². The Morgan fingerprint density at radius 2 is 1.89 bits per heavy atom. The molecule has 6 heteroatoms. The molecule has 0 spiro atoms. The first-order valence-electron chi connectivity index (χ1n) is 5.72. The SMILES string of the molecule is NNC(Cc1cnccc1N)c1c(F)cccc1F. The molecule has 0 fully saturated rings. The number of nitrogens with zero attached hydrogens (tertiary/aromatic N) is 1. The Hall–Kier alpha value is -2.05. The standard InChI is InChI=1S/C13H14F2N4/c14-9-2-1-3-10(15)13(9)12(19-17)6-8-7-18-5-4-11(8)16/h1-5,7,12,19H,6,17H2,(H2,16,18). The number of nitrogen functional groups attached to an aromatic ring is 1. The maximum absolute atomic E-state index is 13.7. The van der Waals surface area contributed by atoms with Crippen LogP contribution >= 0.6 is 0 Å². The van der Waals surface area contributed by atoms with Crippen molar-refractivity contribution < 1.29 is 8.78 Å². The second-order valence-corrected chi connectivity index (χ2v) is 4.13. The monoisotopic (exact) mass is 264 g/mol. The fourth-order valence-electron chi connectivity index (χ4n) is 1.92. The third-order valence-corrected chi connectivity index (χ3v) is 2.91. The topological polar surface area (TPSA) is 77.0 Å². The summed E-state index contributed by atoms with van der Waals surface area (Å²) in [6, 6.07) is 4.60. The zero-order chi connectivity index (χ0) is 13.8. The highest BCUT2D eigenvalue weighted by Crippen LogP contribution is 2.25. The highest BCUT2D eigenvalue weighted by molar-refractivity contribution is 5.45. The van der Waals surface area contributed by atoms with Crippen LogP contribution in [0.1, 0.15) is 17.2 Å². The molecule has 0 aliphatic rings. The zero-order valence-corrected chi connectivity index (χ0v) is 10.1. The predicted octanol–water partition coefficient (Wildman–Crippen LogP) is 1.69. The molecule has 2 aromatic rings. The second kappa shape index (κ2) is 5.73. The van der Waals surface area contributed by atoms with E-state index >= 15 is 0 Å². The van der Waals surface area contributed by atoms with Gasteiger partial charge in [-0.1, -0.05) is 6.07 Å². The molecule has 1 heterocycles. The van der Waals surface area contributed by atoms with Gasteiger partial charge in [-0.05, 0) is 30.2 Å². The van der Waals surface area contributed by atoms with Gasteiger partial charge in [-0.3, -0.25) is 16.3 Å². The van der Waals surface area contributed by atoms with Gasteiger partial charge in [0.15, 0.2) is 0 Å². The summed E-state index contributed by atoms with van der Waals surface area (Å²) in [7, 11) is 0. The number of benzene rings is 1. The summed E-state index contributed by atoms with van der Waals surface area (Å²) in [5.41, 5.74) is 9.27. The molecule has 1 aromatic heterocycles. The summed E-state index contributed by atoms with van der Waals surface area (Å²) in [5, 5.41) is 0. The van der Waals surface area contributed by atoms with Crippen molar-refractivity contribution in [3.63, 3.8) is 0 Å². The quantitative estimate of drug-likeness (QED) is 0.580. The van der Waals surface area contributed by atoms with Gasteiger partial charge in [-0.2, -0.15) is 0 Å². The first-order chi connectivity index (χ1) is 9.13. The largest absolute Gasteiger partial charge is 0.398 e. The number of nitrogens with two attached hydrogens (primary N) is 2. The van der Waals surface area contributed by atoms with Crippen LogP contribution in [0.25, 0.3) is 0 Å². The Morgan fingerprint density at radius 3 is 2.47 bits per heavy atom. The van der Waals surface area contributed by atoms with Crippen molar-refractivity contribution in [2.75, 3.05) is 5.73 Å². The molecule has 4 nitrogen and oxygen atoms in total. The Labute approximate surface area is 109 Å². The van der Waals surface area contributed by atoms with Crippen molar-refractivity contribution in [2.45, 2.75) is 12.5 Å². The van der Waals surface area contributed by atoms with Crippen LogP contribution in [0.4, 0.5) is 14.5 Å².